The highest BCUT2D eigenvalue weighted by molar-refractivity contribution is 6.31. The summed E-state index contributed by atoms with van der Waals surface area (Å²) in [7, 11) is 1.57. The van der Waals surface area contributed by atoms with Crippen molar-refractivity contribution in [2.75, 3.05) is 7.11 Å². The monoisotopic (exact) mass is 351 g/mol. The van der Waals surface area contributed by atoms with E-state index < -0.39 is 0 Å². The number of rotatable bonds is 8. The second kappa shape index (κ2) is 8.90. The van der Waals surface area contributed by atoms with Crippen molar-refractivity contribution in [2.24, 2.45) is 0 Å². The van der Waals surface area contributed by atoms with E-state index in [0.717, 1.165) is 12.0 Å². The summed E-state index contributed by atoms with van der Waals surface area (Å²) >= 11 is 6.35. The van der Waals surface area contributed by atoms with Crippen LogP contribution < -0.4 is 14.8 Å². The van der Waals surface area contributed by atoms with Crippen LogP contribution in [0.25, 0.3) is 0 Å². The Hall–Kier alpha value is -1.78. The van der Waals surface area contributed by atoms with E-state index in [1.54, 1.807) is 31.4 Å². The van der Waals surface area contributed by atoms with Gasteiger partial charge >= 0.3 is 0 Å². The Bertz CT molecular complexity index is 678. The summed E-state index contributed by atoms with van der Waals surface area (Å²) in [6, 6.07) is 10.5. The van der Waals surface area contributed by atoms with Crippen molar-refractivity contribution in [3.63, 3.8) is 0 Å². The van der Waals surface area contributed by atoms with Gasteiger partial charge in [-0.05, 0) is 31.0 Å². The molecule has 24 heavy (non-hydrogen) atoms. The van der Waals surface area contributed by atoms with Crippen LogP contribution in [-0.4, -0.2) is 13.2 Å². The Morgan fingerprint density at radius 2 is 1.92 bits per heavy atom. The molecule has 130 valence electrons. The minimum absolute atomic E-state index is 0.115. The molecule has 0 aliphatic carbocycles. The Morgan fingerprint density at radius 3 is 2.58 bits per heavy atom. The zero-order valence-electron chi connectivity index (χ0n) is 14.2. The summed E-state index contributed by atoms with van der Waals surface area (Å²) in [6.07, 6.45) is 1.04. The maximum absolute atomic E-state index is 13.7. The van der Waals surface area contributed by atoms with Crippen LogP contribution in [0.4, 0.5) is 4.39 Å². The first-order valence-electron chi connectivity index (χ1n) is 8.01. The highest BCUT2D eigenvalue weighted by Crippen LogP contribution is 2.34. The lowest BCUT2D eigenvalue weighted by Crippen LogP contribution is -2.24. The predicted molar refractivity (Wildman–Crippen MR) is 95.3 cm³/mol. The van der Waals surface area contributed by atoms with Crippen molar-refractivity contribution in [3.8, 4) is 11.5 Å². The van der Waals surface area contributed by atoms with E-state index in [4.69, 9.17) is 21.1 Å². The Morgan fingerprint density at radius 1 is 1.17 bits per heavy atom. The van der Waals surface area contributed by atoms with Crippen molar-refractivity contribution >= 4 is 11.6 Å². The zero-order valence-corrected chi connectivity index (χ0v) is 15.0. The number of methoxy groups -OCH3 is 1. The molecule has 0 saturated carbocycles. The molecule has 0 radical (unpaired) electrons. The van der Waals surface area contributed by atoms with Gasteiger partial charge in [0.1, 0.15) is 12.4 Å². The van der Waals surface area contributed by atoms with E-state index in [2.05, 4.69) is 19.2 Å². The standard InChI is InChI=1S/C19H23ClFNO2/c1-4-13(2)22-11-15-9-18(23-3)19(10-16(15)20)24-12-14-7-5-6-8-17(14)21/h5-10,13,22H,4,11-12H2,1-3H3. The highest BCUT2D eigenvalue weighted by atomic mass is 35.5. The second-order valence-electron chi connectivity index (χ2n) is 5.66. The third-order valence-corrected chi connectivity index (χ3v) is 4.28. The van der Waals surface area contributed by atoms with Crippen LogP contribution in [-0.2, 0) is 13.2 Å². The van der Waals surface area contributed by atoms with Crippen LogP contribution in [0, 0.1) is 5.82 Å². The topological polar surface area (TPSA) is 30.5 Å². The van der Waals surface area contributed by atoms with Gasteiger partial charge < -0.3 is 14.8 Å². The molecule has 0 amide bonds. The van der Waals surface area contributed by atoms with Gasteiger partial charge in [0.2, 0.25) is 0 Å². The predicted octanol–water partition coefficient (Wildman–Crippen LogP) is 4.95. The van der Waals surface area contributed by atoms with Crippen molar-refractivity contribution in [2.45, 2.75) is 39.5 Å². The van der Waals surface area contributed by atoms with E-state index in [-0.39, 0.29) is 12.4 Å². The van der Waals surface area contributed by atoms with Crippen molar-refractivity contribution in [1.29, 1.82) is 0 Å². The molecule has 0 aliphatic heterocycles. The molecule has 0 saturated heterocycles. The fraction of sp³-hybridized carbons (Fsp3) is 0.368. The van der Waals surface area contributed by atoms with E-state index in [1.807, 2.05) is 6.07 Å². The molecule has 1 N–H and O–H groups in total. The molecule has 0 bridgehead atoms. The fourth-order valence-corrected chi connectivity index (χ4v) is 2.40. The lowest BCUT2D eigenvalue weighted by atomic mass is 10.1. The molecule has 1 unspecified atom stereocenters. The summed E-state index contributed by atoms with van der Waals surface area (Å²) in [4.78, 5) is 0. The molecular formula is C19H23ClFNO2. The SMILES string of the molecule is CCC(C)NCc1cc(OC)c(OCc2ccccc2F)cc1Cl. The number of halogens is 2. The van der Waals surface area contributed by atoms with Gasteiger partial charge in [-0.15, -0.1) is 0 Å². The van der Waals surface area contributed by atoms with Gasteiger partial charge in [0.15, 0.2) is 11.5 Å². The third-order valence-electron chi connectivity index (χ3n) is 3.93. The van der Waals surface area contributed by atoms with Gasteiger partial charge in [-0.2, -0.15) is 0 Å². The quantitative estimate of drug-likeness (QED) is 0.729. The minimum Gasteiger partial charge on any atom is -0.493 e. The second-order valence-corrected chi connectivity index (χ2v) is 6.07. The normalized spacial score (nSPS) is 12.0. The molecule has 0 fully saturated rings. The Balaban J connectivity index is 2.12. The molecule has 2 aromatic rings. The maximum atomic E-state index is 13.7. The average Bonchev–Trinajstić information content (AvgIpc) is 2.59. The first-order chi connectivity index (χ1) is 11.5. The molecule has 0 heterocycles. The van der Waals surface area contributed by atoms with Crippen LogP contribution in [0.5, 0.6) is 11.5 Å². The number of hydrogen-bond acceptors (Lipinski definition) is 3. The average molecular weight is 352 g/mol. The Kier molecular flexibility index (Phi) is 6.88. The molecular weight excluding hydrogens is 329 g/mol. The van der Waals surface area contributed by atoms with Gasteiger partial charge in [-0.1, -0.05) is 36.7 Å². The van der Waals surface area contributed by atoms with E-state index in [1.165, 1.54) is 6.07 Å². The molecule has 0 spiro atoms. The number of ether oxygens (including phenoxy) is 2. The van der Waals surface area contributed by atoms with Crippen molar-refractivity contribution in [1.82, 2.24) is 5.32 Å². The van der Waals surface area contributed by atoms with Gasteiger partial charge in [0, 0.05) is 29.2 Å². The molecule has 2 rings (SSSR count). The van der Waals surface area contributed by atoms with E-state index >= 15 is 0 Å². The lowest BCUT2D eigenvalue weighted by molar-refractivity contribution is 0.279. The molecule has 0 aromatic heterocycles. The molecule has 5 heteroatoms. The summed E-state index contributed by atoms with van der Waals surface area (Å²) in [5.74, 6) is 0.784. The summed E-state index contributed by atoms with van der Waals surface area (Å²) < 4.78 is 24.8. The van der Waals surface area contributed by atoms with Crippen LogP contribution in [0.1, 0.15) is 31.4 Å². The van der Waals surface area contributed by atoms with Gasteiger partial charge in [-0.25, -0.2) is 4.39 Å². The lowest BCUT2D eigenvalue weighted by Gasteiger charge is -2.16. The molecule has 0 aliphatic rings. The summed E-state index contributed by atoms with van der Waals surface area (Å²) in [6.45, 7) is 5.01. The Labute approximate surface area is 147 Å². The fourth-order valence-electron chi connectivity index (χ4n) is 2.18. The zero-order chi connectivity index (χ0) is 17.5. The first kappa shape index (κ1) is 18.6. The van der Waals surface area contributed by atoms with Crippen LogP contribution in [0.2, 0.25) is 5.02 Å². The van der Waals surface area contributed by atoms with Crippen molar-refractivity contribution in [3.05, 3.63) is 58.4 Å². The van der Waals surface area contributed by atoms with Crippen LogP contribution >= 0.6 is 11.6 Å². The van der Waals surface area contributed by atoms with E-state index in [9.17, 15) is 4.39 Å². The molecule has 1 atom stereocenters. The first-order valence-corrected chi connectivity index (χ1v) is 8.39. The van der Waals surface area contributed by atoms with Crippen molar-refractivity contribution < 1.29 is 13.9 Å². The van der Waals surface area contributed by atoms with Crippen LogP contribution in [0.15, 0.2) is 36.4 Å². The van der Waals surface area contributed by atoms with Gasteiger partial charge in [-0.3, -0.25) is 0 Å². The summed E-state index contributed by atoms with van der Waals surface area (Å²) in [5.41, 5.74) is 1.42. The molecule has 3 nitrogen and oxygen atoms in total. The smallest absolute Gasteiger partial charge is 0.163 e. The number of hydrogen-bond donors (Lipinski definition) is 1. The minimum atomic E-state index is -0.295. The largest absolute Gasteiger partial charge is 0.493 e. The third kappa shape index (κ3) is 4.86. The van der Waals surface area contributed by atoms with Gasteiger partial charge in [0.25, 0.3) is 0 Å². The molecule has 2 aromatic carbocycles. The van der Waals surface area contributed by atoms with E-state index in [0.29, 0.717) is 34.7 Å². The van der Waals surface area contributed by atoms with Gasteiger partial charge in [0.05, 0.1) is 7.11 Å². The number of benzene rings is 2. The maximum Gasteiger partial charge on any atom is 0.163 e. The number of nitrogens with one attached hydrogen (secondary N) is 1. The highest BCUT2D eigenvalue weighted by Gasteiger charge is 2.12. The van der Waals surface area contributed by atoms with Crippen LogP contribution in [0.3, 0.4) is 0 Å². The summed E-state index contributed by atoms with van der Waals surface area (Å²) in [5, 5.41) is 3.99.